The van der Waals surface area contributed by atoms with E-state index in [1.165, 1.54) is 10.9 Å². The van der Waals surface area contributed by atoms with Crippen molar-refractivity contribution in [2.24, 2.45) is 0 Å². The highest BCUT2D eigenvalue weighted by Crippen LogP contribution is 2.35. The first-order valence-corrected chi connectivity index (χ1v) is 11.4. The minimum atomic E-state index is 0.155. The van der Waals surface area contributed by atoms with Gasteiger partial charge < -0.3 is 14.6 Å². The molecule has 158 valence electrons. The van der Waals surface area contributed by atoms with Gasteiger partial charge >= 0.3 is 0 Å². The Bertz CT molecular complexity index is 1190. The maximum atomic E-state index is 12.9. The van der Waals surface area contributed by atoms with E-state index in [2.05, 4.69) is 33.3 Å². The van der Waals surface area contributed by atoms with E-state index in [-0.39, 0.29) is 5.91 Å². The van der Waals surface area contributed by atoms with Gasteiger partial charge in [0.2, 0.25) is 5.91 Å². The first-order chi connectivity index (χ1) is 15.2. The maximum absolute atomic E-state index is 12.9. The zero-order chi connectivity index (χ0) is 21.2. The Labute approximate surface area is 184 Å². The Morgan fingerprint density at radius 1 is 1.29 bits per heavy atom. The van der Waals surface area contributed by atoms with Crippen LogP contribution in [0.1, 0.15) is 30.0 Å². The number of ether oxygens (including phenoxy) is 1. The number of methoxy groups -OCH3 is 1. The fourth-order valence-electron chi connectivity index (χ4n) is 4.30. The van der Waals surface area contributed by atoms with Crippen molar-refractivity contribution in [1.82, 2.24) is 19.9 Å². The summed E-state index contributed by atoms with van der Waals surface area (Å²) in [6.07, 6.45) is 7.95. The molecular weight excluding hydrogens is 408 g/mol. The number of aromatic nitrogens is 3. The summed E-state index contributed by atoms with van der Waals surface area (Å²) in [6.45, 7) is 1.56. The van der Waals surface area contributed by atoms with Gasteiger partial charge in [0, 0.05) is 53.5 Å². The first kappa shape index (κ1) is 19.8. The third kappa shape index (κ3) is 4.05. The second-order valence-corrected chi connectivity index (χ2v) is 8.73. The number of carbonyl (C=O) groups is 1. The van der Waals surface area contributed by atoms with E-state index in [0.29, 0.717) is 12.3 Å². The van der Waals surface area contributed by atoms with Gasteiger partial charge in [0.1, 0.15) is 10.8 Å². The number of pyridine rings is 1. The molecule has 0 unspecified atom stereocenters. The maximum Gasteiger partial charge on any atom is 0.228 e. The normalized spacial score (nSPS) is 14.8. The third-order valence-electron chi connectivity index (χ3n) is 6.00. The van der Waals surface area contributed by atoms with Crippen LogP contribution in [0.25, 0.3) is 21.5 Å². The van der Waals surface area contributed by atoms with Crippen molar-refractivity contribution in [3.8, 4) is 16.3 Å². The number of aromatic amines is 1. The van der Waals surface area contributed by atoms with Gasteiger partial charge in [0.05, 0.1) is 19.2 Å². The molecule has 0 saturated carbocycles. The minimum absolute atomic E-state index is 0.155. The summed E-state index contributed by atoms with van der Waals surface area (Å²) in [5.74, 6) is 1.47. The first-order valence-electron chi connectivity index (χ1n) is 10.5. The Balaban J connectivity index is 1.22. The molecule has 0 bridgehead atoms. The number of hydrogen-bond donors (Lipinski definition) is 1. The predicted molar refractivity (Wildman–Crippen MR) is 122 cm³/mol. The van der Waals surface area contributed by atoms with Crippen molar-refractivity contribution in [2.75, 3.05) is 20.2 Å². The molecule has 0 aliphatic carbocycles. The van der Waals surface area contributed by atoms with E-state index in [1.54, 1.807) is 30.8 Å². The van der Waals surface area contributed by atoms with Gasteiger partial charge in [-0.05, 0) is 54.7 Å². The smallest absolute Gasteiger partial charge is 0.228 e. The molecule has 1 N–H and O–H groups in total. The molecular formula is C24H24N4O2S. The SMILES string of the molecule is COc1ccc2[nH]cc(C3CCN(C(=O)Cc4csc(-c5cccnc5)n4)CC3)c2c1. The Hall–Kier alpha value is -3.19. The van der Waals surface area contributed by atoms with Gasteiger partial charge in [-0.25, -0.2) is 4.98 Å². The fourth-order valence-corrected chi connectivity index (χ4v) is 5.11. The lowest BCUT2D eigenvalue weighted by Crippen LogP contribution is -2.38. The average molecular weight is 433 g/mol. The molecule has 1 saturated heterocycles. The number of likely N-dealkylation sites (tertiary alicyclic amines) is 1. The summed E-state index contributed by atoms with van der Waals surface area (Å²) in [7, 11) is 1.69. The van der Waals surface area contributed by atoms with E-state index in [4.69, 9.17) is 4.74 Å². The molecule has 1 aliphatic rings. The molecule has 4 heterocycles. The number of benzene rings is 1. The number of amides is 1. The topological polar surface area (TPSA) is 71.1 Å². The van der Waals surface area contributed by atoms with Crippen LogP contribution in [0.15, 0.2) is 54.3 Å². The Morgan fingerprint density at radius 2 is 2.16 bits per heavy atom. The molecule has 1 amide bonds. The van der Waals surface area contributed by atoms with Crippen LogP contribution in [-0.2, 0) is 11.2 Å². The van der Waals surface area contributed by atoms with E-state index >= 15 is 0 Å². The second kappa shape index (κ2) is 8.51. The summed E-state index contributed by atoms with van der Waals surface area (Å²) in [5, 5.41) is 4.10. The van der Waals surface area contributed by atoms with Crippen LogP contribution < -0.4 is 4.74 Å². The van der Waals surface area contributed by atoms with Gasteiger partial charge in [-0.1, -0.05) is 0 Å². The Morgan fingerprint density at radius 3 is 2.94 bits per heavy atom. The number of H-pyrrole nitrogens is 1. The number of piperidine rings is 1. The van der Waals surface area contributed by atoms with E-state index in [1.807, 2.05) is 28.5 Å². The fraction of sp³-hybridized carbons (Fsp3) is 0.292. The van der Waals surface area contributed by atoms with E-state index in [9.17, 15) is 4.79 Å². The third-order valence-corrected chi connectivity index (χ3v) is 6.94. The molecule has 0 radical (unpaired) electrons. The molecule has 7 heteroatoms. The second-order valence-electron chi connectivity index (χ2n) is 7.87. The van der Waals surface area contributed by atoms with Crippen molar-refractivity contribution in [3.63, 3.8) is 0 Å². The van der Waals surface area contributed by atoms with Crippen LogP contribution in [0.3, 0.4) is 0 Å². The quantitative estimate of drug-likeness (QED) is 0.499. The van der Waals surface area contributed by atoms with Crippen LogP contribution in [0.2, 0.25) is 0 Å². The lowest BCUT2D eigenvalue weighted by Gasteiger charge is -2.32. The summed E-state index contributed by atoms with van der Waals surface area (Å²) in [5.41, 5.74) is 4.27. The van der Waals surface area contributed by atoms with Crippen LogP contribution in [-0.4, -0.2) is 46.0 Å². The van der Waals surface area contributed by atoms with Crippen molar-refractivity contribution in [2.45, 2.75) is 25.2 Å². The van der Waals surface area contributed by atoms with Crippen LogP contribution in [0.4, 0.5) is 0 Å². The van der Waals surface area contributed by atoms with Gasteiger partial charge in [0.15, 0.2) is 0 Å². The highest BCUT2D eigenvalue weighted by atomic mass is 32.1. The number of hydrogen-bond acceptors (Lipinski definition) is 5. The lowest BCUT2D eigenvalue weighted by molar-refractivity contribution is -0.131. The van der Waals surface area contributed by atoms with Crippen LogP contribution in [0, 0.1) is 0 Å². The van der Waals surface area contributed by atoms with Crippen molar-refractivity contribution in [3.05, 3.63) is 65.6 Å². The monoisotopic (exact) mass is 432 g/mol. The van der Waals surface area contributed by atoms with Crippen molar-refractivity contribution >= 4 is 28.1 Å². The highest BCUT2D eigenvalue weighted by molar-refractivity contribution is 7.13. The Kier molecular flexibility index (Phi) is 5.42. The summed E-state index contributed by atoms with van der Waals surface area (Å²) < 4.78 is 5.39. The van der Waals surface area contributed by atoms with E-state index in [0.717, 1.165) is 53.5 Å². The molecule has 0 atom stereocenters. The summed E-state index contributed by atoms with van der Waals surface area (Å²) in [4.78, 5) is 27.0. The zero-order valence-corrected chi connectivity index (χ0v) is 18.2. The molecule has 1 aliphatic heterocycles. The number of fused-ring (bicyclic) bond motifs is 1. The number of carbonyl (C=O) groups excluding carboxylic acids is 1. The molecule has 0 spiro atoms. The standard InChI is InChI=1S/C24H24N4O2S/c1-30-19-4-5-22-20(12-19)21(14-26-22)16-6-9-28(10-7-16)23(29)11-18-15-31-24(27-18)17-3-2-8-25-13-17/h2-5,8,12-16,26H,6-7,9-11H2,1H3. The zero-order valence-electron chi connectivity index (χ0n) is 17.4. The van der Waals surface area contributed by atoms with Crippen LogP contribution >= 0.6 is 11.3 Å². The molecule has 3 aromatic heterocycles. The molecule has 1 aromatic carbocycles. The van der Waals surface area contributed by atoms with Gasteiger partial charge in [-0.15, -0.1) is 11.3 Å². The molecule has 31 heavy (non-hydrogen) atoms. The van der Waals surface area contributed by atoms with Gasteiger partial charge in [-0.2, -0.15) is 0 Å². The minimum Gasteiger partial charge on any atom is -0.497 e. The summed E-state index contributed by atoms with van der Waals surface area (Å²) >= 11 is 1.56. The van der Waals surface area contributed by atoms with Crippen molar-refractivity contribution in [1.29, 1.82) is 0 Å². The number of rotatable bonds is 5. The average Bonchev–Trinajstić information content (AvgIpc) is 3.46. The lowest BCUT2D eigenvalue weighted by atomic mass is 9.89. The van der Waals surface area contributed by atoms with Gasteiger partial charge in [-0.3, -0.25) is 9.78 Å². The molecule has 1 fully saturated rings. The highest BCUT2D eigenvalue weighted by Gasteiger charge is 2.26. The summed E-state index contributed by atoms with van der Waals surface area (Å²) in [6, 6.07) is 10.0. The van der Waals surface area contributed by atoms with Gasteiger partial charge in [0.25, 0.3) is 0 Å². The number of nitrogens with one attached hydrogen (secondary N) is 1. The van der Waals surface area contributed by atoms with Crippen molar-refractivity contribution < 1.29 is 9.53 Å². The largest absolute Gasteiger partial charge is 0.497 e. The molecule has 5 rings (SSSR count). The number of nitrogens with zero attached hydrogens (tertiary/aromatic N) is 3. The predicted octanol–water partition coefficient (Wildman–Crippen LogP) is 4.64. The van der Waals surface area contributed by atoms with E-state index < -0.39 is 0 Å². The molecule has 6 nitrogen and oxygen atoms in total. The molecule has 4 aromatic rings. The number of thiazole rings is 1. The van der Waals surface area contributed by atoms with Crippen LogP contribution in [0.5, 0.6) is 5.75 Å².